The van der Waals surface area contributed by atoms with Crippen LogP contribution in [0.25, 0.3) is 0 Å². The summed E-state index contributed by atoms with van der Waals surface area (Å²) in [6, 6.07) is 13.4. The molecule has 1 aliphatic heterocycles. The van der Waals surface area contributed by atoms with E-state index in [0.29, 0.717) is 5.69 Å². The number of benzene rings is 2. The fraction of sp³-hybridized carbons (Fsp3) is 0.263. The van der Waals surface area contributed by atoms with Gasteiger partial charge in [-0.1, -0.05) is 31.2 Å². The van der Waals surface area contributed by atoms with Gasteiger partial charge in [-0.2, -0.15) is 0 Å². The average molecular weight is 387 g/mol. The number of carbonyl (C=O) groups excluding carboxylic acids is 2. The maximum absolute atomic E-state index is 12.6. The first-order chi connectivity index (χ1) is 12.8. The summed E-state index contributed by atoms with van der Waals surface area (Å²) in [6.45, 7) is 2.30. The van der Waals surface area contributed by atoms with E-state index in [9.17, 15) is 18.0 Å². The number of sulfonamides is 1. The van der Waals surface area contributed by atoms with E-state index in [1.165, 1.54) is 18.2 Å². The van der Waals surface area contributed by atoms with Crippen molar-refractivity contribution in [1.82, 2.24) is 0 Å². The summed E-state index contributed by atoms with van der Waals surface area (Å²) in [5, 5.41) is 7.79. The number of primary sulfonamides is 1. The van der Waals surface area contributed by atoms with E-state index in [-0.39, 0.29) is 29.7 Å². The van der Waals surface area contributed by atoms with Gasteiger partial charge in [-0.25, -0.2) is 13.6 Å². The highest BCUT2D eigenvalue weighted by Crippen LogP contribution is 2.29. The molecule has 142 valence electrons. The number of nitrogens with two attached hydrogens (primary N) is 1. The van der Waals surface area contributed by atoms with Gasteiger partial charge in [0, 0.05) is 24.3 Å². The van der Waals surface area contributed by atoms with Crippen molar-refractivity contribution in [1.29, 1.82) is 0 Å². The third kappa shape index (κ3) is 4.17. The van der Waals surface area contributed by atoms with Crippen molar-refractivity contribution in [3.63, 3.8) is 0 Å². The molecule has 27 heavy (non-hydrogen) atoms. The lowest BCUT2D eigenvalue weighted by atomic mass is 10.1. The van der Waals surface area contributed by atoms with E-state index < -0.39 is 15.9 Å². The minimum absolute atomic E-state index is 0.0821. The molecule has 0 spiro atoms. The molecule has 2 aromatic carbocycles. The van der Waals surface area contributed by atoms with Crippen molar-refractivity contribution in [2.45, 2.75) is 24.7 Å². The highest BCUT2D eigenvalue weighted by atomic mass is 32.2. The van der Waals surface area contributed by atoms with Gasteiger partial charge in [-0.3, -0.25) is 9.59 Å². The lowest BCUT2D eigenvalue weighted by Crippen LogP contribution is -2.28. The van der Waals surface area contributed by atoms with Crippen LogP contribution in [-0.4, -0.2) is 26.8 Å². The summed E-state index contributed by atoms with van der Waals surface area (Å²) >= 11 is 0. The van der Waals surface area contributed by atoms with Crippen LogP contribution in [0.5, 0.6) is 0 Å². The van der Waals surface area contributed by atoms with E-state index in [0.717, 1.165) is 17.7 Å². The number of carbonyl (C=O) groups is 2. The summed E-state index contributed by atoms with van der Waals surface area (Å²) in [4.78, 5) is 26.6. The molecule has 1 unspecified atom stereocenters. The van der Waals surface area contributed by atoms with Crippen molar-refractivity contribution in [3.8, 4) is 0 Å². The van der Waals surface area contributed by atoms with Gasteiger partial charge in [-0.15, -0.1) is 0 Å². The molecule has 3 rings (SSSR count). The van der Waals surface area contributed by atoms with Gasteiger partial charge in [0.15, 0.2) is 0 Å². The van der Waals surface area contributed by atoms with Crippen molar-refractivity contribution < 1.29 is 18.0 Å². The molecule has 0 aliphatic carbocycles. The second kappa shape index (κ2) is 7.50. The average Bonchev–Trinajstić information content (AvgIpc) is 3.03. The van der Waals surface area contributed by atoms with E-state index in [1.54, 1.807) is 11.0 Å². The molecule has 1 saturated heterocycles. The number of aryl methyl sites for hydroxylation is 1. The first-order valence-corrected chi connectivity index (χ1v) is 10.2. The molecule has 1 atom stereocenters. The van der Waals surface area contributed by atoms with Crippen LogP contribution in [0.4, 0.5) is 11.4 Å². The number of rotatable bonds is 5. The molecule has 2 amide bonds. The molecule has 0 aromatic heterocycles. The normalized spacial score (nSPS) is 17.2. The standard InChI is InChI=1S/C19H21N3O4S/c1-2-13-6-3-4-9-17(13)22-12-14(10-18(22)23)19(24)21-15-7-5-8-16(11-15)27(20,25)26/h3-9,11,14H,2,10,12H2,1H3,(H,21,24)(H2,20,25,26). The smallest absolute Gasteiger partial charge is 0.238 e. The van der Waals surface area contributed by atoms with Crippen molar-refractivity contribution in [2.75, 3.05) is 16.8 Å². The lowest BCUT2D eigenvalue weighted by molar-refractivity contribution is -0.122. The Morgan fingerprint density at radius 2 is 1.96 bits per heavy atom. The Bertz CT molecular complexity index is 988. The molecule has 2 aromatic rings. The molecule has 3 N–H and O–H groups in total. The highest BCUT2D eigenvalue weighted by molar-refractivity contribution is 7.89. The Balaban J connectivity index is 1.75. The zero-order valence-electron chi connectivity index (χ0n) is 14.9. The van der Waals surface area contributed by atoms with Crippen LogP contribution in [0, 0.1) is 5.92 Å². The van der Waals surface area contributed by atoms with Crippen LogP contribution in [0.15, 0.2) is 53.4 Å². The van der Waals surface area contributed by atoms with Crippen LogP contribution in [-0.2, 0) is 26.0 Å². The molecule has 8 heteroatoms. The number of amides is 2. The zero-order valence-corrected chi connectivity index (χ0v) is 15.7. The Morgan fingerprint density at radius 1 is 1.22 bits per heavy atom. The Morgan fingerprint density at radius 3 is 2.67 bits per heavy atom. The van der Waals surface area contributed by atoms with Gasteiger partial charge in [0.25, 0.3) is 0 Å². The maximum Gasteiger partial charge on any atom is 0.238 e. The number of nitrogens with zero attached hydrogens (tertiary/aromatic N) is 1. The van der Waals surface area contributed by atoms with Crippen LogP contribution < -0.4 is 15.4 Å². The number of hydrogen-bond acceptors (Lipinski definition) is 4. The summed E-state index contributed by atoms with van der Waals surface area (Å²) in [5.74, 6) is -0.943. The molecular formula is C19H21N3O4S. The zero-order chi connectivity index (χ0) is 19.6. The number of para-hydroxylation sites is 1. The molecule has 1 fully saturated rings. The maximum atomic E-state index is 12.6. The SMILES string of the molecule is CCc1ccccc1N1CC(C(=O)Nc2cccc(S(N)(=O)=O)c2)CC1=O. The van der Waals surface area contributed by atoms with Gasteiger partial charge < -0.3 is 10.2 Å². The molecule has 0 radical (unpaired) electrons. The van der Waals surface area contributed by atoms with Crippen molar-refractivity contribution >= 4 is 33.2 Å². The fourth-order valence-corrected chi connectivity index (χ4v) is 3.74. The van der Waals surface area contributed by atoms with Crippen molar-refractivity contribution in [2.24, 2.45) is 11.1 Å². The largest absolute Gasteiger partial charge is 0.326 e. The van der Waals surface area contributed by atoms with E-state index in [2.05, 4.69) is 5.32 Å². The van der Waals surface area contributed by atoms with Gasteiger partial charge in [-0.05, 0) is 36.2 Å². The lowest BCUT2D eigenvalue weighted by Gasteiger charge is -2.20. The minimum Gasteiger partial charge on any atom is -0.326 e. The van der Waals surface area contributed by atoms with E-state index in [4.69, 9.17) is 5.14 Å². The minimum atomic E-state index is -3.86. The van der Waals surface area contributed by atoms with Crippen molar-refractivity contribution in [3.05, 3.63) is 54.1 Å². The second-order valence-electron chi connectivity index (χ2n) is 6.45. The number of anilines is 2. The monoisotopic (exact) mass is 387 g/mol. The topological polar surface area (TPSA) is 110 Å². The predicted molar refractivity (Wildman–Crippen MR) is 103 cm³/mol. The van der Waals surface area contributed by atoms with Crippen LogP contribution >= 0.6 is 0 Å². The predicted octanol–water partition coefficient (Wildman–Crippen LogP) is 1.89. The number of hydrogen-bond donors (Lipinski definition) is 2. The first-order valence-electron chi connectivity index (χ1n) is 8.61. The third-order valence-corrected chi connectivity index (χ3v) is 5.50. The van der Waals surface area contributed by atoms with E-state index >= 15 is 0 Å². The van der Waals surface area contributed by atoms with Gasteiger partial charge in [0.2, 0.25) is 21.8 Å². The molecule has 1 heterocycles. The molecular weight excluding hydrogens is 366 g/mol. The first kappa shape index (κ1) is 19.1. The van der Waals surface area contributed by atoms with Crippen LogP contribution in [0.1, 0.15) is 18.9 Å². The van der Waals surface area contributed by atoms with Gasteiger partial charge >= 0.3 is 0 Å². The molecule has 1 aliphatic rings. The Kier molecular flexibility index (Phi) is 5.29. The summed E-state index contributed by atoms with van der Waals surface area (Å²) in [6.07, 6.45) is 0.899. The van der Waals surface area contributed by atoms with E-state index in [1.807, 2.05) is 31.2 Å². The second-order valence-corrected chi connectivity index (χ2v) is 8.01. The molecule has 0 saturated carbocycles. The van der Waals surface area contributed by atoms with Crippen LogP contribution in [0.2, 0.25) is 0 Å². The van der Waals surface area contributed by atoms with Gasteiger partial charge in [0.05, 0.1) is 10.8 Å². The number of nitrogens with one attached hydrogen (secondary N) is 1. The highest BCUT2D eigenvalue weighted by Gasteiger charge is 2.35. The third-order valence-electron chi connectivity index (χ3n) is 4.59. The molecule has 7 nitrogen and oxygen atoms in total. The summed E-state index contributed by atoms with van der Waals surface area (Å²) in [7, 11) is -3.86. The Hall–Kier alpha value is -2.71. The Labute approximate surface area is 158 Å². The van der Waals surface area contributed by atoms with Crippen LogP contribution in [0.3, 0.4) is 0 Å². The fourth-order valence-electron chi connectivity index (χ4n) is 3.18. The molecule has 0 bridgehead atoms. The quantitative estimate of drug-likeness (QED) is 0.816. The summed E-state index contributed by atoms with van der Waals surface area (Å²) < 4.78 is 22.9. The van der Waals surface area contributed by atoms with Gasteiger partial charge in [0.1, 0.15) is 0 Å². The summed E-state index contributed by atoms with van der Waals surface area (Å²) in [5.41, 5.74) is 2.20.